The Hall–Kier alpha value is -1.93. The molecule has 0 bridgehead atoms. The highest BCUT2D eigenvalue weighted by Crippen LogP contribution is 2.29. The molecule has 118 valence electrons. The monoisotopic (exact) mass is 369 g/mol. The molecule has 6 nitrogen and oxygen atoms in total. The van der Waals surface area contributed by atoms with Crippen molar-refractivity contribution < 1.29 is 12.9 Å². The van der Waals surface area contributed by atoms with E-state index < -0.39 is 10.0 Å². The van der Waals surface area contributed by atoms with Crippen molar-refractivity contribution in [2.24, 2.45) is 5.14 Å². The molecule has 0 aliphatic carbocycles. The molecule has 2 aromatic carbocycles. The first-order valence-electron chi connectivity index (χ1n) is 6.27. The van der Waals surface area contributed by atoms with Crippen LogP contribution < -0.4 is 5.14 Å². The fourth-order valence-corrected chi connectivity index (χ4v) is 2.69. The van der Waals surface area contributed by atoms with E-state index in [0.717, 1.165) is 0 Å². The highest BCUT2D eigenvalue weighted by Gasteiger charge is 2.13. The van der Waals surface area contributed by atoms with Crippen molar-refractivity contribution in [2.45, 2.75) is 4.90 Å². The molecule has 0 amide bonds. The second kappa shape index (κ2) is 5.93. The lowest BCUT2D eigenvalue weighted by molar-refractivity contribution is 0.432. The predicted octanol–water partition coefficient (Wildman–Crippen LogP) is 3.36. The summed E-state index contributed by atoms with van der Waals surface area (Å²) in [5.74, 6) is 0.584. The molecule has 0 fully saturated rings. The van der Waals surface area contributed by atoms with Crippen molar-refractivity contribution in [1.82, 2.24) is 10.1 Å². The third-order valence-corrected chi connectivity index (χ3v) is 4.70. The van der Waals surface area contributed by atoms with Crippen LogP contribution in [0.25, 0.3) is 22.8 Å². The van der Waals surface area contributed by atoms with Gasteiger partial charge >= 0.3 is 0 Å². The molecule has 3 aromatic rings. The number of sulfonamides is 1. The van der Waals surface area contributed by atoms with Crippen LogP contribution in [0, 0.1) is 0 Å². The van der Waals surface area contributed by atoms with Crippen LogP contribution in [-0.4, -0.2) is 18.6 Å². The summed E-state index contributed by atoms with van der Waals surface area (Å²) < 4.78 is 27.7. The van der Waals surface area contributed by atoms with E-state index in [9.17, 15) is 8.42 Å². The summed E-state index contributed by atoms with van der Waals surface area (Å²) in [5.41, 5.74) is 1.21. The van der Waals surface area contributed by atoms with Gasteiger partial charge in [0.15, 0.2) is 0 Å². The fourth-order valence-electron chi connectivity index (χ4n) is 1.88. The smallest absolute Gasteiger partial charge is 0.258 e. The molecule has 1 aromatic heterocycles. The van der Waals surface area contributed by atoms with Crippen LogP contribution in [0.2, 0.25) is 10.0 Å². The summed E-state index contributed by atoms with van der Waals surface area (Å²) in [6.45, 7) is 0. The molecule has 0 aliphatic rings. The van der Waals surface area contributed by atoms with Crippen molar-refractivity contribution in [3.8, 4) is 22.8 Å². The molecule has 0 saturated carbocycles. The summed E-state index contributed by atoms with van der Waals surface area (Å²) in [7, 11) is -3.74. The molecule has 0 spiro atoms. The van der Waals surface area contributed by atoms with Gasteiger partial charge in [0.05, 0.1) is 14.9 Å². The normalized spacial score (nSPS) is 11.6. The van der Waals surface area contributed by atoms with E-state index in [1.807, 2.05) is 0 Å². The number of aromatic nitrogens is 2. The zero-order valence-electron chi connectivity index (χ0n) is 11.4. The Morgan fingerprint density at radius 2 is 1.61 bits per heavy atom. The summed E-state index contributed by atoms with van der Waals surface area (Å²) in [6.07, 6.45) is 0. The van der Waals surface area contributed by atoms with E-state index in [0.29, 0.717) is 27.0 Å². The van der Waals surface area contributed by atoms with E-state index in [2.05, 4.69) is 10.1 Å². The van der Waals surface area contributed by atoms with E-state index in [4.69, 9.17) is 32.9 Å². The summed E-state index contributed by atoms with van der Waals surface area (Å²) >= 11 is 11.8. The summed E-state index contributed by atoms with van der Waals surface area (Å²) in [6, 6.07) is 10.8. The molecule has 1 heterocycles. The van der Waals surface area contributed by atoms with Crippen LogP contribution in [0.15, 0.2) is 51.9 Å². The standard InChI is InChI=1S/C14H9Cl2N3O3S/c15-11-6-3-9(7-12(11)16)14-18-13(19-22-14)8-1-4-10(5-2-8)23(17,20)21/h1-7H,(H2,17,20,21). The van der Waals surface area contributed by atoms with Crippen molar-refractivity contribution in [3.63, 3.8) is 0 Å². The molecular formula is C14H9Cl2N3O3S. The zero-order valence-corrected chi connectivity index (χ0v) is 13.7. The number of nitrogens with two attached hydrogens (primary N) is 1. The maximum atomic E-state index is 11.2. The average Bonchev–Trinajstić information content (AvgIpc) is 2.99. The molecule has 0 atom stereocenters. The van der Waals surface area contributed by atoms with Crippen LogP contribution >= 0.6 is 23.2 Å². The minimum atomic E-state index is -3.74. The summed E-state index contributed by atoms with van der Waals surface area (Å²) in [4.78, 5) is 4.26. The fraction of sp³-hybridized carbons (Fsp3) is 0. The molecule has 9 heteroatoms. The second-order valence-electron chi connectivity index (χ2n) is 4.62. The number of hydrogen-bond donors (Lipinski definition) is 1. The molecule has 2 N–H and O–H groups in total. The number of primary sulfonamides is 1. The maximum absolute atomic E-state index is 11.2. The highest BCUT2D eigenvalue weighted by atomic mass is 35.5. The van der Waals surface area contributed by atoms with E-state index in [1.54, 1.807) is 30.3 Å². The third kappa shape index (κ3) is 3.37. The minimum absolute atomic E-state index is 0.00875. The Balaban J connectivity index is 1.94. The summed E-state index contributed by atoms with van der Waals surface area (Å²) in [5, 5.41) is 9.72. The number of hydrogen-bond acceptors (Lipinski definition) is 5. The number of rotatable bonds is 3. The van der Waals surface area contributed by atoms with Gasteiger partial charge in [0.25, 0.3) is 5.89 Å². The van der Waals surface area contributed by atoms with Gasteiger partial charge in [-0.3, -0.25) is 0 Å². The Kier molecular flexibility index (Phi) is 4.11. The lowest BCUT2D eigenvalue weighted by Gasteiger charge is -1.99. The maximum Gasteiger partial charge on any atom is 0.258 e. The Labute approximate surface area is 141 Å². The Bertz CT molecular complexity index is 969. The predicted molar refractivity (Wildman–Crippen MR) is 86.6 cm³/mol. The third-order valence-electron chi connectivity index (χ3n) is 3.03. The van der Waals surface area contributed by atoms with Gasteiger partial charge < -0.3 is 4.52 Å². The van der Waals surface area contributed by atoms with E-state index in [-0.39, 0.29) is 10.8 Å². The molecule has 0 unspecified atom stereocenters. The molecular weight excluding hydrogens is 361 g/mol. The van der Waals surface area contributed by atoms with Crippen LogP contribution in [-0.2, 0) is 10.0 Å². The van der Waals surface area contributed by atoms with Crippen LogP contribution in [0.4, 0.5) is 0 Å². The topological polar surface area (TPSA) is 99.1 Å². The molecule has 3 rings (SSSR count). The molecule has 0 radical (unpaired) electrons. The van der Waals surface area contributed by atoms with Gasteiger partial charge in [0.1, 0.15) is 0 Å². The van der Waals surface area contributed by atoms with E-state index in [1.165, 1.54) is 12.1 Å². The second-order valence-corrected chi connectivity index (χ2v) is 7.00. The van der Waals surface area contributed by atoms with Crippen molar-refractivity contribution in [3.05, 3.63) is 52.5 Å². The van der Waals surface area contributed by atoms with Gasteiger partial charge in [-0.25, -0.2) is 13.6 Å². The van der Waals surface area contributed by atoms with E-state index >= 15 is 0 Å². The van der Waals surface area contributed by atoms with Crippen molar-refractivity contribution in [1.29, 1.82) is 0 Å². The zero-order chi connectivity index (χ0) is 16.6. The van der Waals surface area contributed by atoms with Crippen LogP contribution in [0.3, 0.4) is 0 Å². The quantitative estimate of drug-likeness (QED) is 0.762. The molecule has 23 heavy (non-hydrogen) atoms. The van der Waals surface area contributed by atoms with Gasteiger partial charge in [-0.2, -0.15) is 4.98 Å². The van der Waals surface area contributed by atoms with Crippen molar-refractivity contribution >= 4 is 33.2 Å². The number of halogens is 2. The first kappa shape index (κ1) is 15.9. The number of nitrogens with zero attached hydrogens (tertiary/aromatic N) is 2. The Morgan fingerprint density at radius 1 is 0.957 bits per heavy atom. The molecule has 0 saturated heterocycles. The minimum Gasteiger partial charge on any atom is -0.334 e. The first-order chi connectivity index (χ1) is 10.8. The van der Waals surface area contributed by atoms with Gasteiger partial charge in [-0.05, 0) is 42.5 Å². The van der Waals surface area contributed by atoms with Gasteiger partial charge in [0.2, 0.25) is 15.8 Å². The van der Waals surface area contributed by atoms with Gasteiger partial charge in [-0.15, -0.1) is 0 Å². The lowest BCUT2D eigenvalue weighted by atomic mass is 10.2. The van der Waals surface area contributed by atoms with Gasteiger partial charge in [-0.1, -0.05) is 28.4 Å². The highest BCUT2D eigenvalue weighted by molar-refractivity contribution is 7.89. The number of benzene rings is 2. The van der Waals surface area contributed by atoms with Gasteiger partial charge in [0, 0.05) is 11.1 Å². The first-order valence-corrected chi connectivity index (χ1v) is 8.57. The average molecular weight is 370 g/mol. The molecule has 0 aliphatic heterocycles. The van der Waals surface area contributed by atoms with Crippen LogP contribution in [0.5, 0.6) is 0 Å². The lowest BCUT2D eigenvalue weighted by Crippen LogP contribution is -2.11. The Morgan fingerprint density at radius 3 is 2.22 bits per heavy atom. The van der Waals surface area contributed by atoms with Crippen molar-refractivity contribution in [2.75, 3.05) is 0 Å². The van der Waals surface area contributed by atoms with Crippen LogP contribution in [0.1, 0.15) is 0 Å². The largest absolute Gasteiger partial charge is 0.334 e. The SMILES string of the molecule is NS(=O)(=O)c1ccc(-c2noc(-c3ccc(Cl)c(Cl)c3)n2)cc1.